The third kappa shape index (κ3) is 3.58. The smallest absolute Gasteiger partial charge is 0.311 e. The number of benzene rings is 1. The fourth-order valence-electron chi connectivity index (χ4n) is 1.29. The average molecular weight is 328 g/mol. The number of rotatable bonds is 5. The van der Waals surface area contributed by atoms with Crippen LogP contribution in [0.2, 0.25) is 0 Å². The highest BCUT2D eigenvalue weighted by Gasteiger charge is 2.33. The molecule has 0 unspecified atom stereocenters. The number of halogens is 4. The molecule has 116 valence electrons. The summed E-state index contributed by atoms with van der Waals surface area (Å²) in [5.41, 5.74) is 0. The molecule has 0 aliphatic heterocycles. The molecule has 0 atom stereocenters. The topological polar surface area (TPSA) is 80.7 Å². The van der Waals surface area contributed by atoms with Crippen molar-refractivity contribution in [1.29, 1.82) is 0 Å². The molecule has 0 amide bonds. The Morgan fingerprint density at radius 3 is 2.00 bits per heavy atom. The highest BCUT2D eigenvalue weighted by Crippen LogP contribution is 2.32. The summed E-state index contributed by atoms with van der Waals surface area (Å²) in [7, 11) is -5.55. The Hall–Kier alpha value is -1.94. The van der Waals surface area contributed by atoms with Crippen LogP contribution in [0.3, 0.4) is 0 Å². The Bertz CT molecular complexity index is 670. The molecular weight excluding hydrogens is 320 g/mol. The van der Waals surface area contributed by atoms with Gasteiger partial charge in [0.05, 0.1) is 0 Å². The molecule has 1 rings (SSSR count). The first-order chi connectivity index (χ1) is 9.61. The van der Waals surface area contributed by atoms with Crippen LogP contribution in [0.5, 0.6) is 5.75 Å². The van der Waals surface area contributed by atoms with Crippen molar-refractivity contribution in [2.45, 2.75) is 17.7 Å². The lowest BCUT2D eigenvalue weighted by molar-refractivity contribution is -0.134. The van der Waals surface area contributed by atoms with Crippen LogP contribution >= 0.6 is 0 Å². The van der Waals surface area contributed by atoms with Crippen LogP contribution in [0.25, 0.3) is 0 Å². The van der Waals surface area contributed by atoms with Gasteiger partial charge in [0.2, 0.25) is 17.4 Å². The molecule has 10 heteroatoms. The maximum Gasteiger partial charge on any atom is 0.311 e. The lowest BCUT2D eigenvalue weighted by atomic mass is 10.2. The Morgan fingerprint density at radius 1 is 1.14 bits per heavy atom. The van der Waals surface area contributed by atoms with Gasteiger partial charge in [-0.05, 0) is 6.42 Å². The zero-order valence-electron chi connectivity index (χ0n) is 10.2. The summed E-state index contributed by atoms with van der Waals surface area (Å²) in [5.74, 6) is -12.3. The minimum Gasteiger partial charge on any atom is -0.420 e. The van der Waals surface area contributed by atoms with E-state index in [9.17, 15) is 30.8 Å². The minimum absolute atomic E-state index is 0.0795. The lowest BCUT2D eigenvalue weighted by Gasteiger charge is -2.10. The quantitative estimate of drug-likeness (QED) is 0.224. The first-order valence-corrected chi connectivity index (χ1v) is 6.70. The third-order valence-electron chi connectivity index (χ3n) is 2.21. The largest absolute Gasteiger partial charge is 0.420 e. The summed E-state index contributed by atoms with van der Waals surface area (Å²) in [5, 5.41) is 0. The van der Waals surface area contributed by atoms with Crippen LogP contribution in [0.15, 0.2) is 17.6 Å². The number of allylic oxidation sites excluding steroid dienone is 1. The molecule has 0 saturated heterocycles. The van der Waals surface area contributed by atoms with Gasteiger partial charge in [-0.15, -0.1) is 6.58 Å². The first kappa shape index (κ1) is 17.1. The van der Waals surface area contributed by atoms with Gasteiger partial charge in [0.15, 0.2) is 16.5 Å². The predicted octanol–water partition coefficient (Wildman–Crippen LogP) is 2.36. The van der Waals surface area contributed by atoms with Crippen molar-refractivity contribution < 1.29 is 40.1 Å². The van der Waals surface area contributed by atoms with Gasteiger partial charge in [-0.3, -0.25) is 9.35 Å². The first-order valence-electron chi connectivity index (χ1n) is 5.26. The third-order valence-corrected chi connectivity index (χ3v) is 3.08. The van der Waals surface area contributed by atoms with Crippen LogP contribution in [0, 0.1) is 23.3 Å². The molecule has 0 fully saturated rings. The van der Waals surface area contributed by atoms with Gasteiger partial charge in [-0.2, -0.15) is 17.2 Å². The molecule has 0 bridgehead atoms. The summed E-state index contributed by atoms with van der Waals surface area (Å²) < 4.78 is 87.7. The summed E-state index contributed by atoms with van der Waals surface area (Å²) >= 11 is 0. The molecule has 0 saturated carbocycles. The Morgan fingerprint density at radius 2 is 1.62 bits per heavy atom. The molecule has 0 aliphatic rings. The molecular formula is C11H8F4O5S. The molecule has 5 nitrogen and oxygen atoms in total. The van der Waals surface area contributed by atoms with Gasteiger partial charge >= 0.3 is 16.1 Å². The molecule has 21 heavy (non-hydrogen) atoms. The molecule has 1 N–H and O–H groups in total. The molecule has 0 aliphatic carbocycles. The van der Waals surface area contributed by atoms with Crippen LogP contribution in [-0.4, -0.2) is 18.9 Å². The lowest BCUT2D eigenvalue weighted by Crippen LogP contribution is -2.15. The van der Waals surface area contributed by atoms with Gasteiger partial charge in [0.1, 0.15) is 0 Å². The molecule has 0 aromatic heterocycles. The van der Waals surface area contributed by atoms with E-state index in [1.54, 1.807) is 0 Å². The Balaban J connectivity index is 3.38. The van der Waals surface area contributed by atoms with Crippen molar-refractivity contribution in [3.05, 3.63) is 35.9 Å². The van der Waals surface area contributed by atoms with E-state index in [2.05, 4.69) is 11.3 Å². The van der Waals surface area contributed by atoms with Gasteiger partial charge in [-0.25, -0.2) is 8.78 Å². The van der Waals surface area contributed by atoms with E-state index < -0.39 is 50.0 Å². The summed E-state index contributed by atoms with van der Waals surface area (Å²) in [6.45, 7) is 3.27. The molecule has 1 aromatic rings. The van der Waals surface area contributed by atoms with Crippen LogP contribution < -0.4 is 4.74 Å². The number of ether oxygens (including phenoxy) is 1. The van der Waals surface area contributed by atoms with Crippen molar-refractivity contribution >= 4 is 16.1 Å². The van der Waals surface area contributed by atoms with E-state index in [4.69, 9.17) is 4.55 Å². The molecule has 0 radical (unpaired) electrons. The van der Waals surface area contributed by atoms with Gasteiger partial charge in [-0.1, -0.05) is 6.08 Å². The SMILES string of the molecule is C=CCCC(=O)Oc1c(F)c(F)c(S(=O)(=O)O)c(F)c1F. The van der Waals surface area contributed by atoms with E-state index >= 15 is 0 Å². The molecule has 0 spiro atoms. The second-order valence-electron chi connectivity index (χ2n) is 3.69. The van der Waals surface area contributed by atoms with Crippen molar-refractivity contribution in [3.8, 4) is 5.75 Å². The van der Waals surface area contributed by atoms with Crippen LogP contribution in [-0.2, 0) is 14.9 Å². The normalized spacial score (nSPS) is 11.3. The Kier molecular flexibility index (Phi) is 5.07. The monoisotopic (exact) mass is 328 g/mol. The molecule has 0 heterocycles. The van der Waals surface area contributed by atoms with E-state index in [0.717, 1.165) is 0 Å². The van der Waals surface area contributed by atoms with E-state index in [0.29, 0.717) is 0 Å². The van der Waals surface area contributed by atoms with Crippen molar-refractivity contribution in [3.63, 3.8) is 0 Å². The summed E-state index contributed by atoms with van der Waals surface area (Å²) in [4.78, 5) is 8.96. The number of hydrogen-bond donors (Lipinski definition) is 1. The highest BCUT2D eigenvalue weighted by molar-refractivity contribution is 7.85. The Labute approximate surface area is 116 Å². The average Bonchev–Trinajstić information content (AvgIpc) is 2.37. The van der Waals surface area contributed by atoms with Gasteiger partial charge in [0.25, 0.3) is 0 Å². The van der Waals surface area contributed by atoms with E-state index in [1.807, 2.05) is 0 Å². The van der Waals surface area contributed by atoms with E-state index in [-0.39, 0.29) is 12.8 Å². The number of carbonyl (C=O) groups excluding carboxylic acids is 1. The molecule has 1 aromatic carbocycles. The second kappa shape index (κ2) is 6.22. The summed E-state index contributed by atoms with van der Waals surface area (Å²) in [6, 6.07) is 0. The zero-order valence-corrected chi connectivity index (χ0v) is 11.0. The van der Waals surface area contributed by atoms with Crippen LogP contribution in [0.4, 0.5) is 17.6 Å². The number of carbonyl (C=O) groups is 1. The highest BCUT2D eigenvalue weighted by atomic mass is 32.2. The van der Waals surface area contributed by atoms with Gasteiger partial charge in [0, 0.05) is 6.42 Å². The fraction of sp³-hybridized carbons (Fsp3) is 0.182. The van der Waals surface area contributed by atoms with Crippen molar-refractivity contribution in [2.24, 2.45) is 0 Å². The minimum atomic E-state index is -5.55. The zero-order chi connectivity index (χ0) is 16.4. The van der Waals surface area contributed by atoms with Crippen LogP contribution in [0.1, 0.15) is 12.8 Å². The number of esters is 1. The standard InChI is InChI=1S/C11H8F4O5S/c1-2-3-4-5(16)20-10-6(12)8(14)11(21(17,18)19)9(15)7(10)13/h2H,1,3-4H2,(H,17,18,19). The summed E-state index contributed by atoms with van der Waals surface area (Å²) in [6.07, 6.45) is 0.998. The maximum absolute atomic E-state index is 13.5. The maximum atomic E-state index is 13.5. The van der Waals surface area contributed by atoms with E-state index in [1.165, 1.54) is 6.08 Å². The number of hydrogen-bond acceptors (Lipinski definition) is 4. The van der Waals surface area contributed by atoms with Crippen molar-refractivity contribution in [2.75, 3.05) is 0 Å². The second-order valence-corrected chi connectivity index (χ2v) is 5.05. The van der Waals surface area contributed by atoms with Gasteiger partial charge < -0.3 is 4.74 Å². The van der Waals surface area contributed by atoms with Crippen molar-refractivity contribution in [1.82, 2.24) is 0 Å². The predicted molar refractivity (Wildman–Crippen MR) is 61.2 cm³/mol. The fourth-order valence-corrected chi connectivity index (χ4v) is 1.92.